The van der Waals surface area contributed by atoms with E-state index in [-0.39, 0.29) is 22.5 Å². The maximum Gasteiger partial charge on any atom is 0.263 e. The zero-order chi connectivity index (χ0) is 21.5. The Morgan fingerprint density at radius 1 is 1.20 bits per heavy atom. The molecule has 8 nitrogen and oxygen atoms in total. The van der Waals surface area contributed by atoms with Crippen molar-refractivity contribution in [2.24, 2.45) is 0 Å². The van der Waals surface area contributed by atoms with Crippen molar-refractivity contribution in [1.82, 2.24) is 4.98 Å². The van der Waals surface area contributed by atoms with Gasteiger partial charge in [0.25, 0.3) is 15.9 Å². The summed E-state index contributed by atoms with van der Waals surface area (Å²) in [7, 11) is -2.27. The lowest BCUT2D eigenvalue weighted by atomic mass is 10.1. The van der Waals surface area contributed by atoms with E-state index in [9.17, 15) is 13.2 Å². The third-order valence-electron chi connectivity index (χ3n) is 4.58. The van der Waals surface area contributed by atoms with Gasteiger partial charge in [0.15, 0.2) is 11.7 Å². The van der Waals surface area contributed by atoms with Gasteiger partial charge < -0.3 is 14.8 Å². The minimum Gasteiger partial charge on any atom is -0.496 e. The van der Waals surface area contributed by atoms with E-state index in [0.29, 0.717) is 22.9 Å². The lowest BCUT2D eigenvalue weighted by Crippen LogP contribution is -2.25. The third-order valence-corrected chi connectivity index (χ3v) is 6.93. The molecule has 0 spiro atoms. The SMILES string of the molecule is COc1ccc(S(=O)(=O)Nc2nc(-c3ccc4c(c3)NC(=O)CO4)c(C)s2)cc1C. The topological polar surface area (TPSA) is 107 Å². The molecular formula is C20H19N3O5S2. The van der Waals surface area contributed by atoms with Crippen LogP contribution in [0.2, 0.25) is 0 Å². The summed E-state index contributed by atoms with van der Waals surface area (Å²) >= 11 is 1.24. The zero-order valence-corrected chi connectivity index (χ0v) is 18.1. The monoisotopic (exact) mass is 445 g/mol. The van der Waals surface area contributed by atoms with Gasteiger partial charge in [-0.1, -0.05) is 0 Å². The van der Waals surface area contributed by atoms with Crippen LogP contribution in [0.5, 0.6) is 11.5 Å². The first kappa shape index (κ1) is 20.2. The number of fused-ring (bicyclic) bond motifs is 1. The molecule has 1 aliphatic heterocycles. The molecular weight excluding hydrogens is 426 g/mol. The zero-order valence-electron chi connectivity index (χ0n) is 16.5. The van der Waals surface area contributed by atoms with E-state index in [2.05, 4.69) is 15.0 Å². The van der Waals surface area contributed by atoms with Gasteiger partial charge in [-0.15, -0.1) is 11.3 Å². The van der Waals surface area contributed by atoms with Crippen LogP contribution in [0.3, 0.4) is 0 Å². The van der Waals surface area contributed by atoms with Crippen molar-refractivity contribution in [3.05, 3.63) is 46.8 Å². The Morgan fingerprint density at radius 3 is 2.73 bits per heavy atom. The minimum atomic E-state index is -3.80. The molecule has 3 aromatic rings. The number of anilines is 2. The Kier molecular flexibility index (Phi) is 5.12. The number of thiazole rings is 1. The van der Waals surface area contributed by atoms with E-state index in [1.54, 1.807) is 31.2 Å². The van der Waals surface area contributed by atoms with Gasteiger partial charge in [-0.2, -0.15) is 0 Å². The van der Waals surface area contributed by atoms with E-state index >= 15 is 0 Å². The van der Waals surface area contributed by atoms with Crippen LogP contribution < -0.4 is 19.5 Å². The minimum absolute atomic E-state index is 0.0150. The normalized spacial score (nSPS) is 13.2. The largest absolute Gasteiger partial charge is 0.496 e. The van der Waals surface area contributed by atoms with Gasteiger partial charge in [-0.25, -0.2) is 13.4 Å². The summed E-state index contributed by atoms with van der Waals surface area (Å²) in [6.07, 6.45) is 0. The molecule has 4 rings (SSSR count). The van der Waals surface area contributed by atoms with Crippen LogP contribution in [-0.4, -0.2) is 33.0 Å². The molecule has 0 aliphatic carbocycles. The average Bonchev–Trinajstić information content (AvgIpc) is 3.06. The second kappa shape index (κ2) is 7.62. The van der Waals surface area contributed by atoms with Crippen molar-refractivity contribution >= 4 is 38.1 Å². The van der Waals surface area contributed by atoms with Crippen LogP contribution in [0.25, 0.3) is 11.3 Å². The first-order chi connectivity index (χ1) is 14.3. The van der Waals surface area contributed by atoms with Gasteiger partial charge in [0.1, 0.15) is 11.5 Å². The molecule has 0 fully saturated rings. The van der Waals surface area contributed by atoms with Crippen LogP contribution in [0.15, 0.2) is 41.3 Å². The van der Waals surface area contributed by atoms with Crippen molar-refractivity contribution in [1.29, 1.82) is 0 Å². The number of nitrogens with zero attached hydrogens (tertiary/aromatic N) is 1. The van der Waals surface area contributed by atoms with E-state index in [0.717, 1.165) is 16.0 Å². The highest BCUT2D eigenvalue weighted by Crippen LogP contribution is 2.36. The first-order valence-electron chi connectivity index (χ1n) is 8.99. The molecule has 1 aliphatic rings. The van der Waals surface area contributed by atoms with Gasteiger partial charge in [0.05, 0.1) is 23.4 Å². The van der Waals surface area contributed by atoms with Crippen LogP contribution in [-0.2, 0) is 14.8 Å². The molecule has 156 valence electrons. The van der Waals surface area contributed by atoms with Gasteiger partial charge >= 0.3 is 0 Å². The molecule has 0 atom stereocenters. The molecule has 0 radical (unpaired) electrons. The molecule has 0 bridgehead atoms. The number of hydrogen-bond donors (Lipinski definition) is 2. The highest BCUT2D eigenvalue weighted by atomic mass is 32.2. The number of benzene rings is 2. The number of sulfonamides is 1. The Morgan fingerprint density at radius 2 is 2.00 bits per heavy atom. The smallest absolute Gasteiger partial charge is 0.263 e. The van der Waals surface area contributed by atoms with Crippen molar-refractivity contribution in [3.8, 4) is 22.8 Å². The van der Waals surface area contributed by atoms with E-state index in [1.165, 1.54) is 24.5 Å². The lowest BCUT2D eigenvalue weighted by Gasteiger charge is -2.18. The fourth-order valence-corrected chi connectivity index (χ4v) is 5.29. The number of rotatable bonds is 5. The predicted molar refractivity (Wildman–Crippen MR) is 115 cm³/mol. The molecule has 10 heteroatoms. The summed E-state index contributed by atoms with van der Waals surface area (Å²) < 4.78 is 38.7. The first-order valence-corrected chi connectivity index (χ1v) is 11.3. The summed E-state index contributed by atoms with van der Waals surface area (Å²) in [5, 5.41) is 3.02. The van der Waals surface area contributed by atoms with Gasteiger partial charge in [0.2, 0.25) is 0 Å². The van der Waals surface area contributed by atoms with E-state index in [4.69, 9.17) is 9.47 Å². The number of hydrogen-bond acceptors (Lipinski definition) is 7. The molecule has 0 saturated heterocycles. The maximum atomic E-state index is 12.8. The molecule has 1 aromatic heterocycles. The highest BCUT2D eigenvalue weighted by Gasteiger charge is 2.21. The molecule has 0 saturated carbocycles. The molecule has 0 unspecified atom stereocenters. The fourth-order valence-electron chi connectivity index (χ4n) is 3.13. The van der Waals surface area contributed by atoms with Crippen LogP contribution in [0.4, 0.5) is 10.8 Å². The average molecular weight is 446 g/mol. The van der Waals surface area contributed by atoms with Gasteiger partial charge in [-0.3, -0.25) is 9.52 Å². The second-order valence-corrected chi connectivity index (χ2v) is 9.59. The quantitative estimate of drug-likeness (QED) is 0.622. The summed E-state index contributed by atoms with van der Waals surface area (Å²) in [6, 6.07) is 10.00. The number of carbonyl (C=O) groups excluding carboxylic acids is 1. The van der Waals surface area contributed by atoms with Crippen LogP contribution >= 0.6 is 11.3 Å². The Bertz CT molecular complexity index is 1250. The number of aromatic nitrogens is 1. The van der Waals surface area contributed by atoms with Crippen molar-refractivity contribution in [3.63, 3.8) is 0 Å². The van der Waals surface area contributed by atoms with Crippen molar-refractivity contribution in [2.75, 3.05) is 23.8 Å². The summed E-state index contributed by atoms with van der Waals surface area (Å²) in [5.41, 5.74) is 2.66. The third kappa shape index (κ3) is 3.83. The van der Waals surface area contributed by atoms with Gasteiger partial charge in [-0.05, 0) is 55.8 Å². The highest BCUT2D eigenvalue weighted by molar-refractivity contribution is 7.93. The molecule has 2 aromatic carbocycles. The maximum absolute atomic E-state index is 12.8. The van der Waals surface area contributed by atoms with Crippen molar-refractivity contribution < 1.29 is 22.7 Å². The van der Waals surface area contributed by atoms with E-state index < -0.39 is 10.0 Å². The number of nitrogens with one attached hydrogen (secondary N) is 2. The fraction of sp³-hybridized carbons (Fsp3) is 0.200. The van der Waals surface area contributed by atoms with Crippen LogP contribution in [0, 0.1) is 13.8 Å². The van der Waals surface area contributed by atoms with Crippen LogP contribution in [0.1, 0.15) is 10.4 Å². The number of methoxy groups -OCH3 is 1. The number of aryl methyl sites for hydroxylation is 2. The van der Waals surface area contributed by atoms with Gasteiger partial charge in [0, 0.05) is 10.4 Å². The standard InChI is InChI=1S/C20H19N3O5S2/c1-11-8-14(5-7-16(11)27-3)30(25,26)23-20-22-19(12(2)29-20)13-4-6-17-15(9-13)21-18(24)10-28-17/h4-9H,10H2,1-3H3,(H,21,24)(H,22,23). The second-order valence-electron chi connectivity index (χ2n) is 6.71. The Labute approximate surface area is 177 Å². The van der Waals surface area contributed by atoms with E-state index in [1.807, 2.05) is 13.0 Å². The lowest BCUT2D eigenvalue weighted by molar-refractivity contribution is -0.118. The summed E-state index contributed by atoms with van der Waals surface area (Å²) in [4.78, 5) is 17.0. The Hall–Kier alpha value is -3.11. The van der Waals surface area contributed by atoms with Crippen molar-refractivity contribution in [2.45, 2.75) is 18.7 Å². The summed E-state index contributed by atoms with van der Waals surface area (Å²) in [5.74, 6) is 0.977. The summed E-state index contributed by atoms with van der Waals surface area (Å²) in [6.45, 7) is 3.62. The predicted octanol–water partition coefficient (Wildman–Crippen LogP) is 3.57. The number of carbonyl (C=O) groups is 1. The molecule has 1 amide bonds. The molecule has 2 heterocycles. The molecule has 2 N–H and O–H groups in total. The number of ether oxygens (including phenoxy) is 2. The molecule has 30 heavy (non-hydrogen) atoms. The Balaban J connectivity index is 1.62. The number of amides is 1.